The Kier molecular flexibility index (Phi) is 24.8. The highest BCUT2D eigenvalue weighted by molar-refractivity contribution is 6.23. The second-order valence-corrected chi connectivity index (χ2v) is 45.2. The molecule has 12 saturated carbocycles. The Morgan fingerprint density at radius 3 is 1.15 bits per heavy atom. The Bertz CT molecular complexity index is 5770. The number of rotatable bonds is 13. The quantitative estimate of drug-likeness (QED) is 0.0302. The fraction of sp³-hybridized carbons (Fsp3) is 0.604. The van der Waals surface area contributed by atoms with Crippen molar-refractivity contribution in [2.75, 3.05) is 13.1 Å². The van der Waals surface area contributed by atoms with Crippen LogP contribution in [0, 0.1) is 114 Å². The minimum Gasteiger partial charge on any atom is -0.458 e. The van der Waals surface area contributed by atoms with Gasteiger partial charge in [0.2, 0.25) is 0 Å². The zero-order chi connectivity index (χ0) is 93.9. The molecule has 12 fully saturated rings. The van der Waals surface area contributed by atoms with Crippen LogP contribution < -0.4 is 17.2 Å². The number of fused-ring (bicyclic) bond motifs is 18. The third-order valence-electron chi connectivity index (χ3n) is 39.5. The van der Waals surface area contributed by atoms with Crippen molar-refractivity contribution in [2.45, 2.75) is 294 Å². The average molecular weight is 1790 g/mol. The van der Waals surface area contributed by atoms with Crippen LogP contribution in [0.25, 0.3) is 49.0 Å². The lowest BCUT2D eigenvalue weighted by Gasteiger charge is -2.70. The van der Waals surface area contributed by atoms with Gasteiger partial charge in [-0.3, -0.25) is 28.8 Å². The Balaban J connectivity index is 0.000000138. The second kappa shape index (κ2) is 34.4. The second-order valence-electron chi connectivity index (χ2n) is 45.2. The van der Waals surface area contributed by atoms with Crippen LogP contribution in [0.1, 0.15) is 255 Å². The Labute approximate surface area is 773 Å². The first-order valence-electron chi connectivity index (χ1n) is 49.1. The number of Topliss-reactive ketones (excluding diaryl/α,β-unsaturated/α-hetero) is 3. The number of hydrogen-bond acceptors (Lipinski definition) is 19. The summed E-state index contributed by atoms with van der Waals surface area (Å²) in [4.78, 5) is 78.5. The van der Waals surface area contributed by atoms with Gasteiger partial charge >= 0.3 is 17.9 Å². The van der Waals surface area contributed by atoms with Crippen molar-refractivity contribution in [3.63, 3.8) is 0 Å². The molecule has 6 aromatic carbocycles. The van der Waals surface area contributed by atoms with Crippen molar-refractivity contribution in [3.8, 4) is 0 Å². The van der Waals surface area contributed by atoms with E-state index in [-0.39, 0.29) is 150 Å². The molecule has 20 heteroatoms. The molecule has 12 aliphatic rings. The van der Waals surface area contributed by atoms with Gasteiger partial charge in [0, 0.05) is 55.9 Å². The highest BCUT2D eigenvalue weighted by Gasteiger charge is 2.76. The number of esters is 3. The molecular formula is C111H144N6O14. The van der Waals surface area contributed by atoms with E-state index in [0.29, 0.717) is 80.3 Å². The summed E-state index contributed by atoms with van der Waals surface area (Å²) in [6.07, 6.45) is 13.2. The zero-order valence-electron chi connectivity index (χ0n) is 80.2. The largest absolute Gasteiger partial charge is 0.458 e. The molecule has 12 aliphatic carbocycles. The lowest BCUT2D eigenvalue weighted by Crippen LogP contribution is -2.69. The van der Waals surface area contributed by atoms with Crippen LogP contribution in [-0.2, 0) is 55.1 Å². The lowest BCUT2D eigenvalue weighted by molar-refractivity contribution is -0.248. The lowest BCUT2D eigenvalue weighted by atomic mass is 9.35. The third kappa shape index (κ3) is 14.7. The molecule has 29 atom stereocenters. The summed E-state index contributed by atoms with van der Waals surface area (Å²) in [5.74, 6) is 0.128. The summed E-state index contributed by atoms with van der Waals surface area (Å²) >= 11 is 0. The number of allylic oxidation sites excluding steroid dienone is 3. The van der Waals surface area contributed by atoms with E-state index in [1.165, 1.54) is 20.8 Å². The molecule has 20 nitrogen and oxygen atoms in total. The molecule has 0 spiro atoms. The number of nitrogens with two attached hydrogens (primary N) is 3. The van der Waals surface area contributed by atoms with E-state index in [9.17, 15) is 54.3 Å². The SMILES string of the molecule is CC(=O)O[C@H]1C[C@@]2(C)[C@@H](CC[C@H]3[C@@]4(C)CC[C@@H](O)[C@@H](CN)[C@@H]4CC[C@@]32C)/C1=C(/C(C)=O)c1ccc2ccccc2c1.CC(=O)O[C@H]1C[C@@]2(C)[C@@H](C[C@@H](O)[C@H]3[C@@]4(C)CC[C@@H](O)[C@@H](CN)[C@@H]4CC[C@@]32C)/C1=C(/C(C)=O)c1ccc2ccccc2c1.CC(=O)O[C@H]1C[C@@]2(C)[C@@H](C[C@@H](O)[C@H]3[C@@]4(C)CC[C@@H](O)[C@](C)(n5cc(CN)nn5)[C@@H]4CC[C@@]32C)/C1=C(/C(C)=O)c1ccc2ccccc2c1. The number of aliphatic hydroxyl groups excluding tert-OH is 5. The number of ether oxygens (including phenoxy) is 3. The molecule has 11 N–H and O–H groups in total. The van der Waals surface area contributed by atoms with Gasteiger partial charge in [0.15, 0.2) is 17.3 Å². The van der Waals surface area contributed by atoms with Crippen LogP contribution in [0.4, 0.5) is 0 Å². The number of benzene rings is 6. The minimum atomic E-state index is -0.717. The number of carbonyl (C=O) groups is 6. The summed E-state index contributed by atoms with van der Waals surface area (Å²) in [5, 5.41) is 73.2. The summed E-state index contributed by atoms with van der Waals surface area (Å²) in [7, 11) is 0. The van der Waals surface area contributed by atoms with Gasteiger partial charge in [-0.25, -0.2) is 4.68 Å². The highest BCUT2D eigenvalue weighted by Crippen LogP contribution is 2.79. The molecule has 19 rings (SSSR count). The first-order chi connectivity index (χ1) is 62.0. The smallest absolute Gasteiger partial charge is 0.303 e. The Hall–Kier alpha value is -8.44. The normalized spacial score (nSPS) is 41.2. The van der Waals surface area contributed by atoms with Gasteiger partial charge in [0.25, 0.3) is 0 Å². The van der Waals surface area contributed by atoms with Crippen molar-refractivity contribution in [1.82, 2.24) is 15.0 Å². The van der Waals surface area contributed by atoms with Gasteiger partial charge in [0.05, 0.1) is 47.9 Å². The van der Waals surface area contributed by atoms with E-state index in [2.05, 4.69) is 140 Å². The van der Waals surface area contributed by atoms with E-state index < -0.39 is 48.3 Å². The molecular weight excluding hydrogens is 1640 g/mol. The number of aromatic nitrogens is 3. The maximum absolute atomic E-state index is 13.7. The van der Waals surface area contributed by atoms with Crippen LogP contribution in [-0.4, -0.2) is 138 Å². The molecule has 0 unspecified atom stereocenters. The molecule has 0 amide bonds. The number of hydrogen-bond donors (Lipinski definition) is 8. The van der Waals surface area contributed by atoms with Gasteiger partial charge in [-0.1, -0.05) is 177 Å². The van der Waals surface area contributed by atoms with E-state index in [1.807, 2.05) is 77.6 Å². The van der Waals surface area contributed by atoms with Crippen molar-refractivity contribution < 1.29 is 68.5 Å². The van der Waals surface area contributed by atoms with Crippen molar-refractivity contribution in [2.24, 2.45) is 131 Å². The monoisotopic (exact) mass is 1790 g/mol. The molecule has 702 valence electrons. The topological polar surface area (TPSA) is 340 Å². The first-order valence-corrected chi connectivity index (χ1v) is 49.1. The summed E-state index contributed by atoms with van der Waals surface area (Å²) in [6, 6.07) is 42.9. The van der Waals surface area contributed by atoms with Crippen LogP contribution in [0.15, 0.2) is 150 Å². The van der Waals surface area contributed by atoms with Gasteiger partial charge in [-0.05, 0) is 349 Å². The molecule has 1 aromatic heterocycles. The van der Waals surface area contributed by atoms with Crippen LogP contribution in [0.3, 0.4) is 0 Å². The van der Waals surface area contributed by atoms with E-state index in [1.54, 1.807) is 20.8 Å². The fourth-order valence-corrected chi connectivity index (χ4v) is 33.4. The molecule has 131 heavy (non-hydrogen) atoms. The third-order valence-corrected chi connectivity index (χ3v) is 39.5. The maximum Gasteiger partial charge on any atom is 0.303 e. The van der Waals surface area contributed by atoms with E-state index in [0.717, 1.165) is 155 Å². The predicted molar refractivity (Wildman–Crippen MR) is 510 cm³/mol. The van der Waals surface area contributed by atoms with Crippen molar-refractivity contribution in [3.05, 3.63) is 173 Å². The van der Waals surface area contributed by atoms with Crippen molar-refractivity contribution >= 4 is 84.3 Å². The number of nitrogens with zero attached hydrogens (tertiary/aromatic N) is 3. The zero-order valence-corrected chi connectivity index (χ0v) is 80.2. The summed E-state index contributed by atoms with van der Waals surface area (Å²) < 4.78 is 20.2. The predicted octanol–water partition coefficient (Wildman–Crippen LogP) is 17.9. The van der Waals surface area contributed by atoms with E-state index in [4.69, 9.17) is 31.4 Å². The van der Waals surface area contributed by atoms with Crippen LogP contribution >= 0.6 is 0 Å². The molecule has 1 heterocycles. The molecule has 7 aromatic rings. The number of carbonyl (C=O) groups excluding carboxylic acids is 6. The Morgan fingerprint density at radius 2 is 0.756 bits per heavy atom. The van der Waals surface area contributed by atoms with Gasteiger partial charge in [-0.15, -0.1) is 5.10 Å². The molecule has 0 bridgehead atoms. The number of aliphatic hydroxyl groups is 5. The van der Waals surface area contributed by atoms with Crippen molar-refractivity contribution in [1.29, 1.82) is 0 Å². The van der Waals surface area contributed by atoms with Gasteiger partial charge < -0.3 is 56.9 Å². The minimum absolute atomic E-state index is 0.0188. The maximum atomic E-state index is 13.7. The highest BCUT2D eigenvalue weighted by atomic mass is 16.6. The van der Waals surface area contributed by atoms with Crippen LogP contribution in [0.5, 0.6) is 0 Å². The molecule has 0 radical (unpaired) electrons. The number of ketones is 3. The average Bonchev–Trinajstić information content (AvgIpc) is 1.56. The molecule has 0 aliphatic heterocycles. The Morgan fingerprint density at radius 1 is 0.389 bits per heavy atom. The van der Waals surface area contributed by atoms with Gasteiger partial charge in [-0.2, -0.15) is 0 Å². The summed E-state index contributed by atoms with van der Waals surface area (Å²) in [6.45, 7) is 33.9. The first kappa shape index (κ1) is 94.3. The van der Waals surface area contributed by atoms with E-state index >= 15 is 0 Å². The standard InChI is InChI=1S/C39H50N4O5.C36H47NO5.C36H47NO4/c1-22(44)33(26-12-11-24-9-7-8-10-25(24)17-26)34-28-18-29(46)35-36(3)15-14-32(47)39(6,43-21-27(20-40)41-42-43)31(36)13-16-37(35,4)38(28,5)19-30(34)48-23(2)45;1-20(38)31(24-11-10-22-8-6-7-9-23(22)16-24)32-27-17-29(41)33-34(3)14-13-28(40)25(19-37)26(34)12-15-35(33,4)36(27,5)18-30(32)42-21(2)39;1-21(38)32(25-11-10-23-8-6-7-9-24(23)18-25)33-28-12-13-31-34(3)16-15-29(40)26(20-37)27(34)14-17-35(31,4)36(28,5)19-30(33)41-22(2)39/h7-12,17,21,28-32,35,46-47H,13-16,18-20,40H2,1-6H3;6-11,16,25-30,33,40-41H,12-15,17-19,37H2,1-5H3;6-11,18,26-31,40H,12-17,19-20,37H2,1-5H3/b34-33+;32-31+;33-32+/t28-,29+,30-,31+,32+,35-,36-,37-,38-,39+;25-,26-,27-,28+,29+,30-,33-,34-,35-,36-;26-,27-,28-,29+,30-,31-,34-,35-,36-/m000/s1. The van der Waals surface area contributed by atoms with Crippen LogP contribution in [0.2, 0.25) is 0 Å². The van der Waals surface area contributed by atoms with Gasteiger partial charge in [0.1, 0.15) is 18.3 Å². The fourth-order valence-electron chi connectivity index (χ4n) is 33.4. The summed E-state index contributed by atoms with van der Waals surface area (Å²) in [5.41, 5.74) is 23.9. The molecule has 0 saturated heterocycles.